The molecule has 0 saturated heterocycles. The number of hydrogen-bond acceptors (Lipinski definition) is 9. The fraction of sp³-hybridized carbons (Fsp3) is 0.235. The number of fused-ring (bicyclic) bond motifs is 1. The van der Waals surface area contributed by atoms with E-state index in [0.717, 1.165) is 46.6 Å². The van der Waals surface area contributed by atoms with Gasteiger partial charge in [0.05, 0.1) is 32.1 Å². The van der Waals surface area contributed by atoms with Crippen LogP contribution in [0.5, 0.6) is 11.5 Å². The first kappa shape index (κ1) is 32.1. The Balaban J connectivity index is 1.22. The third-order valence-corrected chi connectivity index (χ3v) is 9.22. The number of rotatable bonds is 14. The number of Topliss-reactive ketones (excluding diaryl/α,β-unsaturated/α-hetero) is 2. The standard InChI is InChI=1S/C34H32FN3O5S2/c1-3-12-36-20-24-7-9-29(38-21-24)33-19-30-34(44-33)32(11-13-37-30)43-31-10-8-23(17-28(31)35)15-26(40)18-25(39)14-22-5-4-6-27(16-22)45(2,41)42/h4-11,13,16-17,19,21,36H,3,12,14-15,18,20H2,1-2H3. The second kappa shape index (κ2) is 14.2. The SMILES string of the molecule is CCCNCc1ccc(-c2cc3nccc(Oc4ccc(CC(=O)CC(=O)Cc5cccc(S(C)(=O)=O)c5)cc4F)c3s2)nc1. The Morgan fingerprint density at radius 1 is 0.911 bits per heavy atom. The molecule has 5 rings (SSSR count). The van der Waals surface area contributed by atoms with Gasteiger partial charge >= 0.3 is 0 Å². The van der Waals surface area contributed by atoms with E-state index in [0.29, 0.717) is 22.4 Å². The number of thiophene rings is 1. The van der Waals surface area contributed by atoms with Crippen LogP contribution in [0.4, 0.5) is 4.39 Å². The summed E-state index contributed by atoms with van der Waals surface area (Å²) in [5, 5.41) is 3.36. The quantitative estimate of drug-likeness (QED) is 0.107. The van der Waals surface area contributed by atoms with Crippen molar-refractivity contribution in [2.45, 2.75) is 44.0 Å². The minimum Gasteiger partial charge on any atom is -0.453 e. The Labute approximate surface area is 265 Å². The lowest BCUT2D eigenvalue weighted by Crippen LogP contribution is -2.13. The first-order valence-corrected chi connectivity index (χ1v) is 17.1. The molecule has 0 aliphatic rings. The van der Waals surface area contributed by atoms with Crippen molar-refractivity contribution in [3.8, 4) is 22.1 Å². The zero-order chi connectivity index (χ0) is 32.0. The Kier molecular flexibility index (Phi) is 10.1. The smallest absolute Gasteiger partial charge is 0.175 e. The summed E-state index contributed by atoms with van der Waals surface area (Å²) in [4.78, 5) is 35.1. The summed E-state index contributed by atoms with van der Waals surface area (Å²) < 4.78 is 45.4. The highest BCUT2D eigenvalue weighted by molar-refractivity contribution is 7.90. The van der Waals surface area contributed by atoms with Gasteiger partial charge in [0, 0.05) is 44.1 Å². The average molecular weight is 646 g/mol. The van der Waals surface area contributed by atoms with Crippen LogP contribution >= 0.6 is 11.3 Å². The van der Waals surface area contributed by atoms with Crippen molar-refractivity contribution in [2.75, 3.05) is 12.8 Å². The molecule has 0 spiro atoms. The van der Waals surface area contributed by atoms with E-state index in [9.17, 15) is 18.0 Å². The van der Waals surface area contributed by atoms with Crippen LogP contribution in [0.15, 0.2) is 84.0 Å². The molecule has 1 N–H and O–H groups in total. The van der Waals surface area contributed by atoms with Crippen LogP contribution < -0.4 is 10.1 Å². The highest BCUT2D eigenvalue weighted by atomic mass is 32.2. The summed E-state index contributed by atoms with van der Waals surface area (Å²) in [5.74, 6) is -0.909. The van der Waals surface area contributed by atoms with Crippen molar-refractivity contribution < 1.29 is 27.1 Å². The van der Waals surface area contributed by atoms with Gasteiger partial charge in [0.2, 0.25) is 0 Å². The molecule has 0 aliphatic heterocycles. The molecule has 5 aromatic rings. The minimum atomic E-state index is -3.41. The van der Waals surface area contributed by atoms with Crippen LogP contribution in [0, 0.1) is 5.82 Å². The molecule has 0 saturated carbocycles. The predicted octanol–water partition coefficient (Wildman–Crippen LogP) is 6.51. The molecule has 0 fully saturated rings. The van der Waals surface area contributed by atoms with Gasteiger partial charge in [-0.05, 0) is 66.1 Å². The number of ether oxygens (including phenoxy) is 1. The lowest BCUT2D eigenvalue weighted by atomic mass is 10.0. The second-order valence-electron chi connectivity index (χ2n) is 10.8. The Morgan fingerprint density at radius 2 is 1.67 bits per heavy atom. The van der Waals surface area contributed by atoms with Gasteiger partial charge in [-0.3, -0.25) is 19.6 Å². The van der Waals surface area contributed by atoms with E-state index >= 15 is 4.39 Å². The number of aromatic nitrogens is 2. The largest absolute Gasteiger partial charge is 0.453 e. The summed E-state index contributed by atoms with van der Waals surface area (Å²) in [6, 6.07) is 18.0. The summed E-state index contributed by atoms with van der Waals surface area (Å²) in [5.41, 5.74) is 3.54. The molecule has 45 heavy (non-hydrogen) atoms. The number of carbonyl (C=O) groups excluding carboxylic acids is 2. The molecule has 0 bridgehead atoms. The summed E-state index contributed by atoms with van der Waals surface area (Å²) >= 11 is 1.45. The number of nitrogens with zero attached hydrogens (tertiary/aromatic N) is 2. The van der Waals surface area contributed by atoms with Gasteiger partial charge in [0.25, 0.3) is 0 Å². The maximum atomic E-state index is 15.1. The molecule has 3 aromatic heterocycles. The third-order valence-electron chi connectivity index (χ3n) is 6.95. The van der Waals surface area contributed by atoms with E-state index in [1.165, 1.54) is 35.6 Å². The van der Waals surface area contributed by atoms with Gasteiger partial charge in [-0.2, -0.15) is 0 Å². The molecule has 2 aromatic carbocycles. The highest BCUT2D eigenvalue weighted by Crippen LogP contribution is 2.39. The van der Waals surface area contributed by atoms with Crippen LogP contribution in [0.1, 0.15) is 36.5 Å². The van der Waals surface area contributed by atoms with Gasteiger partial charge in [-0.25, -0.2) is 12.8 Å². The van der Waals surface area contributed by atoms with Gasteiger partial charge in [0.15, 0.2) is 21.4 Å². The zero-order valence-electron chi connectivity index (χ0n) is 24.9. The lowest BCUT2D eigenvalue weighted by molar-refractivity contribution is -0.126. The van der Waals surface area contributed by atoms with Crippen molar-refractivity contribution in [1.82, 2.24) is 15.3 Å². The van der Waals surface area contributed by atoms with Gasteiger partial charge in [0.1, 0.15) is 17.3 Å². The average Bonchev–Trinajstić information content (AvgIpc) is 3.44. The van der Waals surface area contributed by atoms with E-state index in [1.807, 2.05) is 24.4 Å². The first-order valence-electron chi connectivity index (χ1n) is 14.4. The lowest BCUT2D eigenvalue weighted by Gasteiger charge is -2.09. The Bertz CT molecular complexity index is 1960. The molecule has 0 amide bonds. The molecular weight excluding hydrogens is 614 g/mol. The molecule has 0 radical (unpaired) electrons. The Morgan fingerprint density at radius 3 is 2.36 bits per heavy atom. The summed E-state index contributed by atoms with van der Waals surface area (Å²) in [6.45, 7) is 3.83. The van der Waals surface area contributed by atoms with Crippen LogP contribution in [0.25, 0.3) is 20.8 Å². The maximum Gasteiger partial charge on any atom is 0.175 e. The van der Waals surface area contributed by atoms with Crippen molar-refractivity contribution in [3.05, 3.63) is 102 Å². The van der Waals surface area contributed by atoms with Gasteiger partial charge in [-0.1, -0.05) is 31.2 Å². The van der Waals surface area contributed by atoms with E-state index in [4.69, 9.17) is 4.74 Å². The number of sulfone groups is 1. The van der Waals surface area contributed by atoms with Gasteiger partial charge in [-0.15, -0.1) is 11.3 Å². The van der Waals surface area contributed by atoms with Crippen molar-refractivity contribution in [1.29, 1.82) is 0 Å². The van der Waals surface area contributed by atoms with E-state index in [2.05, 4.69) is 22.2 Å². The van der Waals surface area contributed by atoms with Crippen LogP contribution in [-0.4, -0.2) is 42.8 Å². The molecule has 8 nitrogen and oxygen atoms in total. The molecular formula is C34H32FN3O5S2. The van der Waals surface area contributed by atoms with Gasteiger partial charge < -0.3 is 10.1 Å². The fourth-order valence-electron chi connectivity index (χ4n) is 4.75. The third kappa shape index (κ3) is 8.44. The highest BCUT2D eigenvalue weighted by Gasteiger charge is 2.16. The number of halogens is 1. The molecule has 0 unspecified atom stereocenters. The predicted molar refractivity (Wildman–Crippen MR) is 173 cm³/mol. The molecule has 3 heterocycles. The van der Waals surface area contributed by atoms with Crippen LogP contribution in [0.2, 0.25) is 0 Å². The van der Waals surface area contributed by atoms with E-state index < -0.39 is 15.7 Å². The number of nitrogens with one attached hydrogen (secondary N) is 1. The van der Waals surface area contributed by atoms with E-state index in [-0.39, 0.29) is 41.5 Å². The topological polar surface area (TPSA) is 115 Å². The fourth-order valence-corrected chi connectivity index (χ4v) is 6.48. The zero-order valence-corrected chi connectivity index (χ0v) is 26.5. The number of benzene rings is 2. The molecule has 11 heteroatoms. The monoisotopic (exact) mass is 645 g/mol. The first-order chi connectivity index (χ1) is 21.6. The minimum absolute atomic E-state index is 0.00228. The molecule has 0 atom stereocenters. The number of hydrogen-bond donors (Lipinski definition) is 1. The Hall–Kier alpha value is -4.32. The normalized spacial score (nSPS) is 11.5. The number of ketones is 2. The van der Waals surface area contributed by atoms with E-state index in [1.54, 1.807) is 30.5 Å². The number of pyridine rings is 2. The summed E-state index contributed by atoms with van der Waals surface area (Å²) in [7, 11) is -3.41. The second-order valence-corrected chi connectivity index (χ2v) is 13.8. The molecule has 232 valence electrons. The van der Waals surface area contributed by atoms with Crippen molar-refractivity contribution in [3.63, 3.8) is 0 Å². The number of carbonyl (C=O) groups is 2. The van der Waals surface area contributed by atoms with Crippen LogP contribution in [-0.2, 0) is 38.8 Å². The maximum absolute atomic E-state index is 15.1. The van der Waals surface area contributed by atoms with Crippen molar-refractivity contribution in [2.24, 2.45) is 0 Å². The van der Waals surface area contributed by atoms with Crippen molar-refractivity contribution >= 4 is 43.0 Å². The summed E-state index contributed by atoms with van der Waals surface area (Å²) in [6.07, 6.45) is 5.07. The molecule has 0 aliphatic carbocycles. The van der Waals surface area contributed by atoms with Crippen LogP contribution in [0.3, 0.4) is 0 Å².